The number of aliphatic hydroxyl groups is 1. The van der Waals surface area contributed by atoms with E-state index in [1.807, 2.05) is 74.5 Å². The molecule has 0 heterocycles. The maximum Gasteiger partial charge on any atom is 0.407 e. The summed E-state index contributed by atoms with van der Waals surface area (Å²) in [6.45, 7) is 3.77. The molecule has 5 atom stereocenters. The van der Waals surface area contributed by atoms with E-state index >= 15 is 0 Å². The van der Waals surface area contributed by atoms with Crippen LogP contribution >= 0.6 is 0 Å². The van der Waals surface area contributed by atoms with Crippen LogP contribution in [0.1, 0.15) is 37.8 Å². The van der Waals surface area contributed by atoms with Crippen LogP contribution in [0, 0.1) is 5.92 Å². The topological polar surface area (TPSA) is 116 Å². The molecule has 0 fully saturated rings. The van der Waals surface area contributed by atoms with Crippen molar-refractivity contribution >= 4 is 12.0 Å². The minimum absolute atomic E-state index is 0.180. The molecule has 0 aliphatic heterocycles. The number of nitrogens with two attached hydrogens (primary N) is 1. The Hall–Kier alpha value is -2.90. The van der Waals surface area contributed by atoms with Gasteiger partial charge in [0.1, 0.15) is 6.04 Å². The summed E-state index contributed by atoms with van der Waals surface area (Å²) < 4.78 is 0. The number of carbonyl (C=O) groups excluding carboxylic acids is 1. The zero-order valence-electron chi connectivity index (χ0n) is 19.7. The molecule has 0 unspecified atom stereocenters. The molecule has 2 aromatic rings. The van der Waals surface area contributed by atoms with Gasteiger partial charge in [0.15, 0.2) is 0 Å². The first-order valence-electron chi connectivity index (χ1n) is 11.5. The van der Waals surface area contributed by atoms with Crippen LogP contribution in [0.25, 0.3) is 0 Å². The second-order valence-corrected chi connectivity index (χ2v) is 8.78. The van der Waals surface area contributed by atoms with Gasteiger partial charge in [-0.05, 0) is 36.3 Å². The van der Waals surface area contributed by atoms with E-state index < -0.39 is 30.2 Å². The van der Waals surface area contributed by atoms with Crippen molar-refractivity contribution < 1.29 is 19.8 Å². The SMILES string of the molecule is CC[C@H](C)[C@@H](C(=O)N[C@@H](Cc1ccccc1)[C@@H](O)C[C@@H](N)Cc1ccccc1)N(C)C(=O)O. The minimum Gasteiger partial charge on any atom is -0.465 e. The summed E-state index contributed by atoms with van der Waals surface area (Å²) >= 11 is 0. The van der Waals surface area contributed by atoms with Crippen LogP contribution in [-0.4, -0.2) is 58.4 Å². The molecule has 2 amide bonds. The third-order valence-electron chi connectivity index (χ3n) is 6.15. The van der Waals surface area contributed by atoms with E-state index in [1.165, 1.54) is 7.05 Å². The number of benzene rings is 2. The lowest BCUT2D eigenvalue weighted by Gasteiger charge is -2.33. The first kappa shape index (κ1) is 26.4. The molecular weight excluding hydrogens is 418 g/mol. The Balaban J connectivity index is 2.17. The van der Waals surface area contributed by atoms with Gasteiger partial charge in [-0.25, -0.2) is 4.79 Å². The lowest BCUT2D eigenvalue weighted by atomic mass is 9.92. The van der Waals surface area contributed by atoms with Crippen LogP contribution in [0.4, 0.5) is 4.79 Å². The predicted octanol–water partition coefficient (Wildman–Crippen LogP) is 3.06. The van der Waals surface area contributed by atoms with Crippen molar-refractivity contribution in [3.05, 3.63) is 71.8 Å². The van der Waals surface area contributed by atoms with Crippen LogP contribution in [0.3, 0.4) is 0 Å². The molecule has 2 aromatic carbocycles. The number of aliphatic hydroxyl groups excluding tert-OH is 1. The van der Waals surface area contributed by atoms with Crippen molar-refractivity contribution in [3.63, 3.8) is 0 Å². The first-order valence-corrected chi connectivity index (χ1v) is 11.5. The van der Waals surface area contributed by atoms with Crippen LogP contribution in [0.15, 0.2) is 60.7 Å². The number of rotatable bonds is 12. The fraction of sp³-hybridized carbons (Fsp3) is 0.462. The molecular formula is C26H37N3O4. The van der Waals surface area contributed by atoms with Gasteiger partial charge in [0.2, 0.25) is 5.91 Å². The van der Waals surface area contributed by atoms with Gasteiger partial charge in [-0.1, -0.05) is 80.9 Å². The zero-order valence-corrected chi connectivity index (χ0v) is 19.7. The number of carboxylic acid groups (broad SMARTS) is 1. The zero-order chi connectivity index (χ0) is 24.4. The number of nitrogens with zero attached hydrogens (tertiary/aromatic N) is 1. The summed E-state index contributed by atoms with van der Waals surface area (Å²) in [6, 6.07) is 17.7. The van der Waals surface area contributed by atoms with E-state index in [-0.39, 0.29) is 12.0 Å². The minimum atomic E-state index is -1.17. The van der Waals surface area contributed by atoms with Gasteiger partial charge in [-0.3, -0.25) is 9.69 Å². The van der Waals surface area contributed by atoms with E-state index in [1.54, 1.807) is 0 Å². The first-order chi connectivity index (χ1) is 15.7. The third kappa shape index (κ3) is 8.18. The van der Waals surface area contributed by atoms with Crippen molar-refractivity contribution in [3.8, 4) is 0 Å². The van der Waals surface area contributed by atoms with Crippen molar-refractivity contribution in [2.45, 2.75) is 63.8 Å². The average molecular weight is 456 g/mol. The number of nitrogens with one attached hydrogen (secondary N) is 1. The molecule has 0 saturated carbocycles. The second kappa shape index (κ2) is 13.0. The molecule has 0 aromatic heterocycles. The highest BCUT2D eigenvalue weighted by Gasteiger charge is 2.34. The molecule has 5 N–H and O–H groups in total. The molecule has 0 bridgehead atoms. The Morgan fingerprint density at radius 2 is 1.52 bits per heavy atom. The Labute approximate surface area is 196 Å². The normalized spacial score (nSPS) is 15.7. The fourth-order valence-corrected chi connectivity index (χ4v) is 4.05. The van der Waals surface area contributed by atoms with Gasteiger partial charge in [0.05, 0.1) is 12.1 Å². The van der Waals surface area contributed by atoms with E-state index in [2.05, 4.69) is 5.32 Å². The van der Waals surface area contributed by atoms with Gasteiger partial charge in [-0.15, -0.1) is 0 Å². The standard InChI is InChI=1S/C26H37N3O4/c1-4-18(2)24(29(3)26(32)33)25(31)28-22(16-20-13-9-6-10-14-20)23(30)17-21(27)15-19-11-7-5-8-12-19/h5-14,18,21-24,30H,4,15-17,27H2,1-3H3,(H,28,31)(H,32,33)/t18-,21-,22-,23-,24-/m0/s1. The summed E-state index contributed by atoms with van der Waals surface area (Å²) in [5, 5.41) is 23.5. The smallest absolute Gasteiger partial charge is 0.407 e. The molecule has 0 spiro atoms. The van der Waals surface area contributed by atoms with Crippen LogP contribution in [0.2, 0.25) is 0 Å². The maximum absolute atomic E-state index is 13.2. The van der Waals surface area contributed by atoms with Gasteiger partial charge >= 0.3 is 6.09 Å². The van der Waals surface area contributed by atoms with E-state index in [9.17, 15) is 19.8 Å². The Morgan fingerprint density at radius 3 is 2.00 bits per heavy atom. The van der Waals surface area contributed by atoms with Crippen LogP contribution in [0.5, 0.6) is 0 Å². The second-order valence-electron chi connectivity index (χ2n) is 8.78. The predicted molar refractivity (Wildman–Crippen MR) is 130 cm³/mol. The molecule has 7 nitrogen and oxygen atoms in total. The Bertz CT molecular complexity index is 862. The maximum atomic E-state index is 13.2. The van der Waals surface area contributed by atoms with E-state index in [4.69, 9.17) is 5.73 Å². The number of likely N-dealkylation sites (N-methyl/N-ethyl adjacent to an activating group) is 1. The highest BCUT2D eigenvalue weighted by atomic mass is 16.4. The average Bonchev–Trinajstić information content (AvgIpc) is 2.79. The lowest BCUT2D eigenvalue weighted by molar-refractivity contribution is -0.128. The van der Waals surface area contributed by atoms with Crippen LogP contribution in [-0.2, 0) is 17.6 Å². The summed E-state index contributed by atoms with van der Waals surface area (Å²) in [5.74, 6) is -0.591. The molecule has 0 aliphatic rings. The Kier molecular flexibility index (Phi) is 10.4. The van der Waals surface area contributed by atoms with E-state index in [0.717, 1.165) is 16.0 Å². The largest absolute Gasteiger partial charge is 0.465 e. The van der Waals surface area contributed by atoms with Gasteiger partial charge in [0.25, 0.3) is 0 Å². The number of hydrogen-bond acceptors (Lipinski definition) is 4. The lowest BCUT2D eigenvalue weighted by Crippen LogP contribution is -2.56. The molecule has 0 aliphatic carbocycles. The van der Waals surface area contributed by atoms with Crippen molar-refractivity contribution in [1.82, 2.24) is 10.2 Å². The molecule has 0 saturated heterocycles. The summed E-state index contributed by atoms with van der Waals surface area (Å²) in [6.07, 6.45) is -0.0863. The van der Waals surface area contributed by atoms with E-state index in [0.29, 0.717) is 25.7 Å². The third-order valence-corrected chi connectivity index (χ3v) is 6.15. The van der Waals surface area contributed by atoms with Crippen molar-refractivity contribution in [1.29, 1.82) is 0 Å². The number of carbonyl (C=O) groups is 2. The quantitative estimate of drug-likeness (QED) is 0.393. The van der Waals surface area contributed by atoms with Gasteiger partial charge < -0.3 is 21.3 Å². The van der Waals surface area contributed by atoms with Gasteiger partial charge in [0, 0.05) is 13.1 Å². The monoisotopic (exact) mass is 455 g/mol. The highest BCUT2D eigenvalue weighted by Crippen LogP contribution is 2.17. The summed E-state index contributed by atoms with van der Waals surface area (Å²) in [7, 11) is 1.40. The summed E-state index contributed by atoms with van der Waals surface area (Å²) in [4.78, 5) is 25.8. The molecule has 2 rings (SSSR count). The van der Waals surface area contributed by atoms with Crippen molar-refractivity contribution in [2.75, 3.05) is 7.05 Å². The van der Waals surface area contributed by atoms with Gasteiger partial charge in [-0.2, -0.15) is 0 Å². The van der Waals surface area contributed by atoms with Crippen LogP contribution < -0.4 is 11.1 Å². The number of amides is 2. The molecule has 33 heavy (non-hydrogen) atoms. The Morgan fingerprint density at radius 1 is 1.00 bits per heavy atom. The van der Waals surface area contributed by atoms with Crippen molar-refractivity contribution in [2.24, 2.45) is 11.7 Å². The molecule has 0 radical (unpaired) electrons. The summed E-state index contributed by atoms with van der Waals surface area (Å²) in [5.41, 5.74) is 8.37. The highest BCUT2D eigenvalue weighted by molar-refractivity contribution is 5.85. The molecule has 180 valence electrons. The number of hydrogen-bond donors (Lipinski definition) is 4. The fourth-order valence-electron chi connectivity index (χ4n) is 4.05. The molecule has 7 heteroatoms.